The molecule has 1 aliphatic carbocycles. The Labute approximate surface area is 176 Å². The first kappa shape index (κ1) is 24.7. The molecule has 1 fully saturated rings. The quantitative estimate of drug-likeness (QED) is 0.717. The van der Waals surface area contributed by atoms with E-state index >= 15 is 0 Å². The van der Waals surface area contributed by atoms with Crippen LogP contribution in [-0.2, 0) is 20.8 Å². The lowest BCUT2D eigenvalue weighted by Crippen LogP contribution is -2.47. The molecule has 0 radical (unpaired) electrons. The number of sulfone groups is 1. The second-order valence-corrected chi connectivity index (χ2v) is 11.2. The molecular formula is C21H31F3N2O3S. The number of rotatable bonds is 6. The predicted octanol–water partition coefficient (Wildman–Crippen LogP) is 3.88. The fourth-order valence-electron chi connectivity index (χ4n) is 3.56. The van der Waals surface area contributed by atoms with Crippen molar-refractivity contribution in [3.05, 3.63) is 29.8 Å². The predicted molar refractivity (Wildman–Crippen MR) is 110 cm³/mol. The Morgan fingerprint density at radius 2 is 1.73 bits per heavy atom. The van der Waals surface area contributed by atoms with Gasteiger partial charge in [0.05, 0.1) is 22.3 Å². The van der Waals surface area contributed by atoms with E-state index < -0.39 is 26.8 Å². The maximum absolute atomic E-state index is 12.9. The van der Waals surface area contributed by atoms with Crippen LogP contribution in [0.25, 0.3) is 0 Å². The molecule has 1 aromatic carbocycles. The third-order valence-corrected chi connectivity index (χ3v) is 8.07. The molecule has 0 aliphatic heterocycles. The van der Waals surface area contributed by atoms with Crippen LogP contribution in [0.2, 0.25) is 0 Å². The summed E-state index contributed by atoms with van der Waals surface area (Å²) in [5.74, 6) is 0.231. The summed E-state index contributed by atoms with van der Waals surface area (Å²) in [4.78, 5) is 13.6. The number of hydrogen-bond donors (Lipinski definition) is 1. The van der Waals surface area contributed by atoms with Gasteiger partial charge in [-0.25, -0.2) is 8.42 Å². The van der Waals surface area contributed by atoms with E-state index in [9.17, 15) is 26.4 Å². The smallest absolute Gasteiger partial charge is 0.340 e. The van der Waals surface area contributed by atoms with Crippen molar-refractivity contribution < 1.29 is 26.4 Å². The summed E-state index contributed by atoms with van der Waals surface area (Å²) in [5, 5.41) is 2.48. The zero-order chi connectivity index (χ0) is 22.7. The van der Waals surface area contributed by atoms with Crippen molar-refractivity contribution in [2.75, 3.05) is 20.1 Å². The minimum atomic E-state index is -4.58. The maximum Gasteiger partial charge on any atom is 0.416 e. The number of benzene rings is 1. The van der Waals surface area contributed by atoms with Crippen molar-refractivity contribution in [3.63, 3.8) is 0 Å². The second-order valence-electron chi connectivity index (χ2n) is 8.97. The molecule has 5 nitrogen and oxygen atoms in total. The van der Waals surface area contributed by atoms with Gasteiger partial charge in [-0.05, 0) is 77.1 Å². The fraction of sp³-hybridized carbons (Fsp3) is 0.667. The molecule has 1 amide bonds. The van der Waals surface area contributed by atoms with Crippen LogP contribution in [0.3, 0.4) is 0 Å². The van der Waals surface area contributed by atoms with Gasteiger partial charge in [0.1, 0.15) is 0 Å². The summed E-state index contributed by atoms with van der Waals surface area (Å²) in [6, 6.07) is 3.96. The molecule has 9 heteroatoms. The number of amides is 1. The van der Waals surface area contributed by atoms with Crippen molar-refractivity contribution in [1.29, 1.82) is 0 Å². The van der Waals surface area contributed by atoms with Crippen LogP contribution in [-0.4, -0.2) is 50.2 Å². The van der Waals surface area contributed by atoms with Crippen molar-refractivity contribution in [3.8, 4) is 0 Å². The molecule has 1 N–H and O–H groups in total. The van der Waals surface area contributed by atoms with Crippen molar-refractivity contribution in [2.24, 2.45) is 5.92 Å². The maximum atomic E-state index is 12.9. The standard InChI is InChI=1S/C21H31F3N2O3S/c1-20(2,3)26(4)19(27)14-25-13-15-8-10-17(11-9-15)30(28,29)18-7-5-6-16(12-18)21(22,23)24/h5-7,12,15,17,25H,8-11,13-14H2,1-4H3. The zero-order valence-corrected chi connectivity index (χ0v) is 18.7. The first-order chi connectivity index (χ1) is 13.7. The lowest BCUT2D eigenvalue weighted by molar-refractivity contribution is -0.137. The molecule has 1 aromatic rings. The van der Waals surface area contributed by atoms with Gasteiger partial charge in [0.25, 0.3) is 0 Å². The van der Waals surface area contributed by atoms with Gasteiger partial charge in [-0.1, -0.05) is 6.07 Å². The average molecular weight is 449 g/mol. The number of carbonyl (C=O) groups excluding carboxylic acids is 1. The molecule has 170 valence electrons. The summed E-state index contributed by atoms with van der Waals surface area (Å²) in [7, 11) is -2.05. The molecule has 1 aliphatic rings. The highest BCUT2D eigenvalue weighted by Crippen LogP contribution is 2.34. The number of nitrogens with one attached hydrogen (secondary N) is 1. The number of likely N-dealkylation sites (N-methyl/N-ethyl adjacent to an activating group) is 1. The minimum Gasteiger partial charge on any atom is -0.340 e. The van der Waals surface area contributed by atoms with Crippen molar-refractivity contribution >= 4 is 15.7 Å². The molecule has 0 heterocycles. The van der Waals surface area contributed by atoms with Gasteiger partial charge in [0, 0.05) is 12.6 Å². The molecule has 30 heavy (non-hydrogen) atoms. The SMILES string of the molecule is CN(C(=O)CNCC1CCC(S(=O)(=O)c2cccc(C(F)(F)F)c2)CC1)C(C)(C)C. The topological polar surface area (TPSA) is 66.5 Å². The second kappa shape index (κ2) is 9.26. The summed E-state index contributed by atoms with van der Waals surface area (Å²) in [6.07, 6.45) is -2.47. The lowest BCUT2D eigenvalue weighted by Gasteiger charge is -2.32. The molecule has 0 atom stereocenters. The van der Waals surface area contributed by atoms with Crippen LogP contribution in [0.4, 0.5) is 13.2 Å². The number of alkyl halides is 3. The van der Waals surface area contributed by atoms with Crippen molar-refractivity contribution in [2.45, 2.75) is 68.3 Å². The van der Waals surface area contributed by atoms with E-state index in [1.165, 1.54) is 6.07 Å². The number of carbonyl (C=O) groups is 1. The molecule has 0 spiro atoms. The van der Waals surface area contributed by atoms with Gasteiger partial charge in [-0.2, -0.15) is 13.2 Å². The van der Waals surface area contributed by atoms with Gasteiger partial charge in [0.15, 0.2) is 9.84 Å². The monoisotopic (exact) mass is 448 g/mol. The Hall–Kier alpha value is -1.61. The summed E-state index contributed by atoms with van der Waals surface area (Å²) >= 11 is 0. The van der Waals surface area contributed by atoms with Gasteiger partial charge >= 0.3 is 6.18 Å². The molecule has 0 bridgehead atoms. The van der Waals surface area contributed by atoms with E-state index in [0.717, 1.165) is 18.2 Å². The Morgan fingerprint density at radius 3 is 2.27 bits per heavy atom. The summed E-state index contributed by atoms with van der Waals surface area (Å²) in [5.41, 5.74) is -1.21. The Balaban J connectivity index is 1.89. The molecule has 0 aromatic heterocycles. The number of halogens is 3. The van der Waals surface area contributed by atoms with Crippen molar-refractivity contribution in [1.82, 2.24) is 10.2 Å². The average Bonchev–Trinajstić information content (AvgIpc) is 2.66. The van der Waals surface area contributed by atoms with Gasteiger partial charge in [-0.15, -0.1) is 0 Å². The van der Waals surface area contributed by atoms with Crippen LogP contribution in [0.15, 0.2) is 29.2 Å². The van der Waals surface area contributed by atoms with Crippen LogP contribution >= 0.6 is 0 Å². The minimum absolute atomic E-state index is 0.0108. The number of hydrogen-bond acceptors (Lipinski definition) is 4. The van der Waals surface area contributed by atoms with E-state index in [0.29, 0.717) is 32.2 Å². The van der Waals surface area contributed by atoms with E-state index in [-0.39, 0.29) is 28.8 Å². The first-order valence-corrected chi connectivity index (χ1v) is 11.7. The lowest BCUT2D eigenvalue weighted by atomic mass is 9.89. The largest absolute Gasteiger partial charge is 0.416 e. The summed E-state index contributed by atoms with van der Waals surface area (Å²) < 4.78 is 64.4. The Kier molecular flexibility index (Phi) is 7.61. The molecule has 0 unspecified atom stereocenters. The van der Waals surface area contributed by atoms with E-state index in [1.54, 1.807) is 11.9 Å². The third-order valence-electron chi connectivity index (χ3n) is 5.81. The highest BCUT2D eigenvalue weighted by molar-refractivity contribution is 7.92. The number of nitrogens with zero attached hydrogens (tertiary/aromatic N) is 1. The van der Waals surface area contributed by atoms with Crippen LogP contribution < -0.4 is 5.32 Å². The fourth-order valence-corrected chi connectivity index (χ4v) is 5.40. The first-order valence-electron chi connectivity index (χ1n) is 10.1. The van der Waals surface area contributed by atoms with Crippen LogP contribution in [0.1, 0.15) is 52.0 Å². The molecule has 0 saturated heterocycles. The van der Waals surface area contributed by atoms with E-state index in [2.05, 4.69) is 5.32 Å². The van der Waals surface area contributed by atoms with E-state index in [4.69, 9.17) is 0 Å². The normalized spacial score (nSPS) is 20.8. The Bertz CT molecular complexity index is 840. The third kappa shape index (κ3) is 6.20. The molecule has 2 rings (SSSR count). The molecular weight excluding hydrogens is 417 g/mol. The molecule has 1 saturated carbocycles. The zero-order valence-electron chi connectivity index (χ0n) is 17.9. The highest BCUT2D eigenvalue weighted by Gasteiger charge is 2.35. The summed E-state index contributed by atoms with van der Waals surface area (Å²) in [6.45, 7) is 6.70. The van der Waals surface area contributed by atoms with Crippen LogP contribution in [0, 0.1) is 5.92 Å². The van der Waals surface area contributed by atoms with E-state index in [1.807, 2.05) is 20.8 Å². The van der Waals surface area contributed by atoms with Gasteiger partial charge in [-0.3, -0.25) is 4.79 Å². The Morgan fingerprint density at radius 1 is 1.13 bits per heavy atom. The van der Waals surface area contributed by atoms with Gasteiger partial charge in [0.2, 0.25) is 5.91 Å². The highest BCUT2D eigenvalue weighted by atomic mass is 32.2. The van der Waals surface area contributed by atoms with Crippen LogP contribution in [0.5, 0.6) is 0 Å². The van der Waals surface area contributed by atoms with Gasteiger partial charge < -0.3 is 10.2 Å².